The van der Waals surface area contributed by atoms with Crippen LogP contribution in [0.4, 0.5) is 5.69 Å². The van der Waals surface area contributed by atoms with Crippen molar-refractivity contribution >= 4 is 39.1 Å². The highest BCUT2D eigenvalue weighted by Gasteiger charge is 2.27. The summed E-state index contributed by atoms with van der Waals surface area (Å²) in [5.41, 5.74) is 3.45. The third-order valence-corrected chi connectivity index (χ3v) is 3.74. The molecular weight excluding hydrogens is 250 g/mol. The van der Waals surface area contributed by atoms with E-state index in [1.54, 1.807) is 5.51 Å². The van der Waals surface area contributed by atoms with Gasteiger partial charge in [0.15, 0.2) is 0 Å². The molecule has 2 amide bonds. The van der Waals surface area contributed by atoms with Gasteiger partial charge in [-0.15, -0.1) is 11.3 Å². The SMILES string of the molecule is O=C1CC(C(=O)Nc2ccc3ncsc3c2)CN1. The molecule has 1 aliphatic heterocycles. The number of hydrogen-bond acceptors (Lipinski definition) is 4. The molecule has 18 heavy (non-hydrogen) atoms. The molecule has 0 aliphatic carbocycles. The topological polar surface area (TPSA) is 71.1 Å². The second kappa shape index (κ2) is 4.38. The summed E-state index contributed by atoms with van der Waals surface area (Å²) in [7, 11) is 0. The van der Waals surface area contributed by atoms with Crippen LogP contribution >= 0.6 is 11.3 Å². The van der Waals surface area contributed by atoms with Crippen LogP contribution in [0.15, 0.2) is 23.7 Å². The zero-order valence-electron chi connectivity index (χ0n) is 9.47. The Bertz CT molecular complexity index is 623. The van der Waals surface area contributed by atoms with E-state index in [1.165, 1.54) is 11.3 Å². The van der Waals surface area contributed by atoms with Gasteiger partial charge in [0.2, 0.25) is 11.8 Å². The molecule has 6 heteroatoms. The lowest BCUT2D eigenvalue weighted by atomic mass is 10.1. The summed E-state index contributed by atoms with van der Waals surface area (Å²) < 4.78 is 1.04. The molecule has 1 atom stereocenters. The largest absolute Gasteiger partial charge is 0.355 e. The van der Waals surface area contributed by atoms with E-state index in [0.29, 0.717) is 6.54 Å². The average Bonchev–Trinajstić information content (AvgIpc) is 2.96. The lowest BCUT2D eigenvalue weighted by molar-refractivity contribution is -0.123. The number of rotatable bonds is 2. The van der Waals surface area contributed by atoms with Crippen molar-refractivity contribution in [2.45, 2.75) is 6.42 Å². The van der Waals surface area contributed by atoms with Crippen molar-refractivity contribution in [3.05, 3.63) is 23.7 Å². The number of carbonyl (C=O) groups excluding carboxylic acids is 2. The molecule has 1 aromatic carbocycles. The van der Waals surface area contributed by atoms with Gasteiger partial charge in [-0.3, -0.25) is 9.59 Å². The van der Waals surface area contributed by atoms with E-state index in [1.807, 2.05) is 18.2 Å². The lowest BCUT2D eigenvalue weighted by Crippen LogP contribution is -2.24. The first-order valence-corrected chi connectivity index (χ1v) is 6.51. The Kier molecular flexibility index (Phi) is 2.71. The van der Waals surface area contributed by atoms with Crippen LogP contribution in [-0.2, 0) is 9.59 Å². The Hall–Kier alpha value is -1.95. The molecular formula is C12H11N3O2S. The van der Waals surface area contributed by atoms with Crippen molar-refractivity contribution in [3.63, 3.8) is 0 Å². The molecule has 0 radical (unpaired) electrons. The Labute approximate surface area is 107 Å². The van der Waals surface area contributed by atoms with Gasteiger partial charge >= 0.3 is 0 Å². The van der Waals surface area contributed by atoms with Crippen LogP contribution in [0, 0.1) is 5.92 Å². The summed E-state index contributed by atoms with van der Waals surface area (Å²) in [4.78, 5) is 27.1. The Morgan fingerprint density at radius 1 is 1.50 bits per heavy atom. The van der Waals surface area contributed by atoms with Crippen LogP contribution in [-0.4, -0.2) is 23.3 Å². The minimum atomic E-state index is -0.269. The summed E-state index contributed by atoms with van der Waals surface area (Å²) in [5.74, 6) is -0.445. The highest BCUT2D eigenvalue weighted by Crippen LogP contribution is 2.22. The molecule has 1 fully saturated rings. The number of fused-ring (bicyclic) bond motifs is 1. The maximum atomic E-state index is 11.9. The second-order valence-corrected chi connectivity index (χ2v) is 5.12. The summed E-state index contributed by atoms with van der Waals surface area (Å²) >= 11 is 1.53. The Morgan fingerprint density at radius 2 is 2.39 bits per heavy atom. The first kappa shape index (κ1) is 11.2. The van der Waals surface area contributed by atoms with Crippen LogP contribution in [0.3, 0.4) is 0 Å². The Balaban J connectivity index is 1.75. The number of amides is 2. The van der Waals surface area contributed by atoms with Crippen LogP contribution in [0.2, 0.25) is 0 Å². The zero-order chi connectivity index (χ0) is 12.5. The molecule has 1 aromatic heterocycles. The zero-order valence-corrected chi connectivity index (χ0v) is 10.3. The molecule has 1 unspecified atom stereocenters. The van der Waals surface area contributed by atoms with Crippen molar-refractivity contribution in [2.75, 3.05) is 11.9 Å². The standard InChI is InChI=1S/C12H11N3O2S/c16-11-3-7(5-13-11)12(17)15-8-1-2-9-10(4-8)18-6-14-9/h1-2,4,6-7H,3,5H2,(H,13,16)(H,15,17). The fourth-order valence-corrected chi connectivity index (χ4v) is 2.68. The van der Waals surface area contributed by atoms with Crippen molar-refractivity contribution in [2.24, 2.45) is 5.92 Å². The summed E-state index contributed by atoms with van der Waals surface area (Å²) in [5, 5.41) is 5.49. The molecule has 1 aliphatic rings. The monoisotopic (exact) mass is 261 g/mol. The third-order valence-electron chi connectivity index (χ3n) is 2.95. The van der Waals surface area contributed by atoms with Gasteiger partial charge in [-0.25, -0.2) is 4.98 Å². The van der Waals surface area contributed by atoms with Gasteiger partial charge in [-0.2, -0.15) is 0 Å². The van der Waals surface area contributed by atoms with Gasteiger partial charge in [0.25, 0.3) is 0 Å². The van der Waals surface area contributed by atoms with Crippen molar-refractivity contribution in [1.29, 1.82) is 0 Å². The quantitative estimate of drug-likeness (QED) is 0.857. The predicted molar refractivity (Wildman–Crippen MR) is 69.4 cm³/mol. The van der Waals surface area contributed by atoms with Gasteiger partial charge < -0.3 is 10.6 Å². The molecule has 2 N–H and O–H groups in total. The number of hydrogen-bond donors (Lipinski definition) is 2. The maximum absolute atomic E-state index is 11.9. The fourth-order valence-electron chi connectivity index (χ4n) is 1.97. The van der Waals surface area contributed by atoms with Crippen molar-refractivity contribution in [1.82, 2.24) is 10.3 Å². The smallest absolute Gasteiger partial charge is 0.229 e. The normalized spacial score (nSPS) is 18.9. The Morgan fingerprint density at radius 3 is 3.17 bits per heavy atom. The molecule has 92 valence electrons. The van der Waals surface area contributed by atoms with E-state index in [2.05, 4.69) is 15.6 Å². The molecule has 0 bridgehead atoms. The molecule has 3 rings (SSSR count). The summed E-state index contributed by atoms with van der Waals surface area (Å²) in [6.07, 6.45) is 0.272. The van der Waals surface area contributed by atoms with Gasteiger partial charge in [0, 0.05) is 18.7 Å². The number of nitrogens with one attached hydrogen (secondary N) is 2. The second-order valence-electron chi connectivity index (χ2n) is 4.23. The highest BCUT2D eigenvalue weighted by molar-refractivity contribution is 7.16. The minimum absolute atomic E-state index is 0.0620. The van der Waals surface area contributed by atoms with Gasteiger partial charge in [-0.05, 0) is 18.2 Å². The van der Waals surface area contributed by atoms with E-state index >= 15 is 0 Å². The first-order valence-electron chi connectivity index (χ1n) is 5.63. The maximum Gasteiger partial charge on any atom is 0.229 e. The fraction of sp³-hybridized carbons (Fsp3) is 0.250. The van der Waals surface area contributed by atoms with E-state index in [0.717, 1.165) is 15.9 Å². The van der Waals surface area contributed by atoms with Crippen molar-refractivity contribution < 1.29 is 9.59 Å². The molecule has 0 saturated carbocycles. The lowest BCUT2D eigenvalue weighted by Gasteiger charge is -2.08. The number of aromatic nitrogens is 1. The van der Waals surface area contributed by atoms with Crippen LogP contribution < -0.4 is 10.6 Å². The highest BCUT2D eigenvalue weighted by atomic mass is 32.1. The van der Waals surface area contributed by atoms with E-state index in [-0.39, 0.29) is 24.2 Å². The number of carbonyl (C=O) groups is 2. The molecule has 5 nitrogen and oxygen atoms in total. The van der Waals surface area contributed by atoms with Crippen LogP contribution in [0.5, 0.6) is 0 Å². The summed E-state index contributed by atoms with van der Waals surface area (Å²) in [6.45, 7) is 0.424. The molecule has 2 aromatic rings. The van der Waals surface area contributed by atoms with Crippen LogP contribution in [0.25, 0.3) is 10.2 Å². The molecule has 0 spiro atoms. The predicted octanol–water partition coefficient (Wildman–Crippen LogP) is 1.37. The first-order chi connectivity index (χ1) is 8.72. The number of benzene rings is 1. The van der Waals surface area contributed by atoms with Gasteiger partial charge in [-0.1, -0.05) is 0 Å². The average molecular weight is 261 g/mol. The minimum Gasteiger partial charge on any atom is -0.355 e. The number of anilines is 1. The number of thiazole rings is 1. The van der Waals surface area contributed by atoms with Gasteiger partial charge in [0.1, 0.15) is 0 Å². The molecule has 1 saturated heterocycles. The van der Waals surface area contributed by atoms with Crippen molar-refractivity contribution in [3.8, 4) is 0 Å². The summed E-state index contributed by atoms with van der Waals surface area (Å²) in [6, 6.07) is 5.60. The van der Waals surface area contributed by atoms with E-state index in [4.69, 9.17) is 0 Å². The van der Waals surface area contributed by atoms with Crippen LogP contribution in [0.1, 0.15) is 6.42 Å². The van der Waals surface area contributed by atoms with E-state index in [9.17, 15) is 9.59 Å². The number of nitrogens with zero attached hydrogens (tertiary/aromatic N) is 1. The van der Waals surface area contributed by atoms with Gasteiger partial charge in [0.05, 0.1) is 21.6 Å². The third kappa shape index (κ3) is 2.06. The molecule has 2 heterocycles. The van der Waals surface area contributed by atoms with E-state index < -0.39 is 0 Å².